The molecule has 0 unspecified atom stereocenters. The molecule has 15 heavy (non-hydrogen) atoms. The molecule has 0 bridgehead atoms. The number of aromatic nitrogens is 2. The van der Waals surface area contributed by atoms with Gasteiger partial charge in [0.1, 0.15) is 16.8 Å². The van der Waals surface area contributed by atoms with Crippen molar-refractivity contribution < 1.29 is 9.90 Å². The fourth-order valence-corrected chi connectivity index (χ4v) is 1.90. The van der Waals surface area contributed by atoms with Crippen molar-refractivity contribution >= 4 is 33.1 Å². The number of anilines is 1. The SMILES string of the molecule is Nc1ccn2c(CC(=O)O)nc(Br)c2c1. The number of nitrogens with zero attached hydrogens (tertiary/aromatic N) is 2. The van der Waals surface area contributed by atoms with E-state index in [9.17, 15) is 4.79 Å². The minimum atomic E-state index is -0.911. The van der Waals surface area contributed by atoms with Crippen LogP contribution in [-0.4, -0.2) is 20.5 Å². The molecule has 0 aliphatic heterocycles. The molecule has 2 aromatic heterocycles. The molecule has 0 aliphatic carbocycles. The normalized spacial score (nSPS) is 10.7. The van der Waals surface area contributed by atoms with Crippen molar-refractivity contribution in [3.05, 3.63) is 28.8 Å². The van der Waals surface area contributed by atoms with Gasteiger partial charge in [0.05, 0.1) is 5.52 Å². The zero-order valence-corrected chi connectivity index (χ0v) is 9.23. The first-order valence-electron chi connectivity index (χ1n) is 4.21. The van der Waals surface area contributed by atoms with Crippen molar-refractivity contribution in [2.45, 2.75) is 6.42 Å². The van der Waals surface area contributed by atoms with Crippen LogP contribution >= 0.6 is 15.9 Å². The maximum Gasteiger partial charge on any atom is 0.311 e. The van der Waals surface area contributed by atoms with Gasteiger partial charge in [-0.1, -0.05) is 0 Å². The Morgan fingerprint density at radius 1 is 1.67 bits per heavy atom. The van der Waals surface area contributed by atoms with Gasteiger partial charge in [-0.3, -0.25) is 4.79 Å². The van der Waals surface area contributed by atoms with E-state index in [1.807, 2.05) is 0 Å². The highest BCUT2D eigenvalue weighted by atomic mass is 79.9. The maximum atomic E-state index is 10.6. The number of hydrogen-bond acceptors (Lipinski definition) is 3. The van der Waals surface area contributed by atoms with E-state index in [2.05, 4.69) is 20.9 Å². The third kappa shape index (κ3) is 1.80. The molecule has 0 spiro atoms. The predicted octanol–water partition coefficient (Wildman–Crippen LogP) is 1.31. The van der Waals surface area contributed by atoms with Crippen molar-refractivity contribution in [2.24, 2.45) is 0 Å². The molecule has 2 rings (SSSR count). The van der Waals surface area contributed by atoms with Crippen LogP contribution in [0.3, 0.4) is 0 Å². The number of carbonyl (C=O) groups is 1. The van der Waals surface area contributed by atoms with Crippen LogP contribution in [0.15, 0.2) is 22.9 Å². The number of nitrogens with two attached hydrogens (primary N) is 1. The lowest BCUT2D eigenvalue weighted by Crippen LogP contribution is -2.04. The predicted molar refractivity (Wildman–Crippen MR) is 58.6 cm³/mol. The first kappa shape index (κ1) is 9.97. The zero-order valence-electron chi connectivity index (χ0n) is 7.64. The molecule has 78 valence electrons. The standard InChI is InChI=1S/C9H8BrN3O2/c10-9-6-3-5(11)1-2-13(6)7(12-9)4-8(14)15/h1-3H,4,11H2,(H,14,15). The summed E-state index contributed by atoms with van der Waals surface area (Å²) in [4.78, 5) is 14.7. The number of carboxylic acids is 1. The summed E-state index contributed by atoms with van der Waals surface area (Å²) in [6.45, 7) is 0. The molecule has 0 fully saturated rings. The zero-order chi connectivity index (χ0) is 11.0. The number of carboxylic acid groups (broad SMARTS) is 1. The number of rotatable bonds is 2. The number of imidazole rings is 1. The molecule has 0 atom stereocenters. The van der Waals surface area contributed by atoms with Crippen LogP contribution < -0.4 is 5.73 Å². The van der Waals surface area contributed by atoms with Gasteiger partial charge >= 0.3 is 5.97 Å². The molecule has 6 heteroatoms. The van der Waals surface area contributed by atoms with Gasteiger partial charge in [-0.15, -0.1) is 0 Å². The molecule has 0 radical (unpaired) electrons. The monoisotopic (exact) mass is 269 g/mol. The highest BCUT2D eigenvalue weighted by Crippen LogP contribution is 2.21. The number of nitrogen functional groups attached to an aromatic ring is 1. The Bertz CT molecular complexity index is 535. The largest absolute Gasteiger partial charge is 0.481 e. The Morgan fingerprint density at radius 2 is 2.40 bits per heavy atom. The second-order valence-corrected chi connectivity index (χ2v) is 3.86. The summed E-state index contributed by atoms with van der Waals surface area (Å²) in [5, 5.41) is 8.70. The van der Waals surface area contributed by atoms with Gasteiger partial charge < -0.3 is 15.2 Å². The number of hydrogen-bond donors (Lipinski definition) is 2. The summed E-state index contributed by atoms with van der Waals surface area (Å²) in [6, 6.07) is 3.44. The van der Waals surface area contributed by atoms with Gasteiger partial charge in [0.15, 0.2) is 0 Å². The summed E-state index contributed by atoms with van der Waals surface area (Å²) in [5.74, 6) is -0.435. The van der Waals surface area contributed by atoms with Gasteiger partial charge in [0.25, 0.3) is 0 Å². The van der Waals surface area contributed by atoms with Crippen LogP contribution in [0, 0.1) is 0 Å². The van der Waals surface area contributed by atoms with Crippen LogP contribution in [0.5, 0.6) is 0 Å². The van der Waals surface area contributed by atoms with E-state index in [-0.39, 0.29) is 6.42 Å². The van der Waals surface area contributed by atoms with E-state index in [1.165, 1.54) is 0 Å². The summed E-state index contributed by atoms with van der Waals surface area (Å²) in [6.07, 6.45) is 1.59. The highest BCUT2D eigenvalue weighted by Gasteiger charge is 2.11. The Balaban J connectivity index is 2.62. The van der Waals surface area contributed by atoms with E-state index in [0.717, 1.165) is 5.52 Å². The van der Waals surface area contributed by atoms with Gasteiger partial charge in [-0.2, -0.15) is 0 Å². The molecular formula is C9H8BrN3O2. The Hall–Kier alpha value is -1.56. The van der Waals surface area contributed by atoms with Crippen LogP contribution in [0.4, 0.5) is 5.69 Å². The minimum absolute atomic E-state index is 0.114. The van der Waals surface area contributed by atoms with Crippen LogP contribution in [0.2, 0.25) is 0 Å². The number of pyridine rings is 1. The van der Waals surface area contributed by atoms with Crippen LogP contribution in [0.25, 0.3) is 5.52 Å². The molecule has 0 saturated heterocycles. The lowest BCUT2D eigenvalue weighted by molar-refractivity contribution is -0.136. The van der Waals surface area contributed by atoms with E-state index in [1.54, 1.807) is 22.7 Å². The molecular weight excluding hydrogens is 262 g/mol. The molecule has 3 N–H and O–H groups in total. The minimum Gasteiger partial charge on any atom is -0.481 e. The Kier molecular flexibility index (Phi) is 2.36. The third-order valence-electron chi connectivity index (χ3n) is 2.00. The lowest BCUT2D eigenvalue weighted by Gasteiger charge is -1.98. The topological polar surface area (TPSA) is 80.6 Å². The van der Waals surface area contributed by atoms with Crippen LogP contribution in [0.1, 0.15) is 5.82 Å². The Morgan fingerprint density at radius 3 is 3.07 bits per heavy atom. The van der Waals surface area contributed by atoms with Gasteiger partial charge in [0, 0.05) is 11.9 Å². The van der Waals surface area contributed by atoms with E-state index in [0.29, 0.717) is 16.1 Å². The number of aliphatic carboxylic acids is 1. The average Bonchev–Trinajstić information content (AvgIpc) is 2.42. The quantitative estimate of drug-likeness (QED) is 0.862. The third-order valence-corrected chi connectivity index (χ3v) is 2.59. The molecule has 2 aromatic rings. The second kappa shape index (κ2) is 3.54. The molecule has 5 nitrogen and oxygen atoms in total. The van der Waals surface area contributed by atoms with E-state index in [4.69, 9.17) is 10.8 Å². The second-order valence-electron chi connectivity index (χ2n) is 3.10. The molecule has 0 amide bonds. The van der Waals surface area contributed by atoms with Crippen molar-refractivity contribution in [3.8, 4) is 0 Å². The summed E-state index contributed by atoms with van der Waals surface area (Å²) < 4.78 is 2.31. The smallest absolute Gasteiger partial charge is 0.311 e. The summed E-state index contributed by atoms with van der Waals surface area (Å²) >= 11 is 3.26. The first-order chi connectivity index (χ1) is 7.08. The Labute approximate surface area is 93.7 Å². The van der Waals surface area contributed by atoms with Crippen molar-refractivity contribution in [2.75, 3.05) is 5.73 Å². The van der Waals surface area contributed by atoms with Crippen molar-refractivity contribution in [3.63, 3.8) is 0 Å². The van der Waals surface area contributed by atoms with Gasteiger partial charge in [0.2, 0.25) is 0 Å². The summed E-state index contributed by atoms with van der Waals surface area (Å²) in [7, 11) is 0. The number of fused-ring (bicyclic) bond motifs is 1. The number of halogens is 1. The molecule has 0 aliphatic rings. The van der Waals surface area contributed by atoms with Gasteiger partial charge in [-0.05, 0) is 28.1 Å². The fourth-order valence-electron chi connectivity index (χ4n) is 1.38. The van der Waals surface area contributed by atoms with Gasteiger partial charge in [-0.25, -0.2) is 4.98 Å². The van der Waals surface area contributed by atoms with E-state index < -0.39 is 5.97 Å². The lowest BCUT2D eigenvalue weighted by atomic mass is 10.3. The first-order valence-corrected chi connectivity index (χ1v) is 5.01. The highest BCUT2D eigenvalue weighted by molar-refractivity contribution is 9.10. The molecule has 0 saturated carbocycles. The maximum absolute atomic E-state index is 10.6. The molecule has 0 aromatic carbocycles. The average molecular weight is 270 g/mol. The fraction of sp³-hybridized carbons (Fsp3) is 0.111. The van der Waals surface area contributed by atoms with Crippen molar-refractivity contribution in [1.82, 2.24) is 9.38 Å². The van der Waals surface area contributed by atoms with Crippen molar-refractivity contribution in [1.29, 1.82) is 0 Å². The van der Waals surface area contributed by atoms with Crippen LogP contribution in [-0.2, 0) is 11.2 Å². The van der Waals surface area contributed by atoms with E-state index >= 15 is 0 Å². The molecule has 2 heterocycles. The summed E-state index contributed by atoms with van der Waals surface area (Å²) in [5.41, 5.74) is 7.01.